The number of benzene rings is 1. The molecule has 0 aromatic heterocycles. The molecule has 4 heteroatoms. The van der Waals surface area contributed by atoms with Crippen LogP contribution >= 0.6 is 0 Å². The van der Waals surface area contributed by atoms with Crippen molar-refractivity contribution < 1.29 is 14.6 Å². The monoisotopic (exact) mass is 195 g/mol. The number of rotatable bonds is 3. The number of nitrogens with zero attached hydrogens (tertiary/aromatic N) is 1. The number of ether oxygens (including phenoxy) is 1. The highest BCUT2D eigenvalue weighted by molar-refractivity contribution is 5.94. The fraction of sp³-hybridized carbons (Fsp3) is 0.300. The van der Waals surface area contributed by atoms with E-state index in [2.05, 4.69) is 0 Å². The molecule has 4 nitrogen and oxygen atoms in total. The Morgan fingerprint density at radius 1 is 1.43 bits per heavy atom. The first-order valence-corrected chi connectivity index (χ1v) is 4.15. The molecular formula is C10H13NO3. The van der Waals surface area contributed by atoms with Crippen LogP contribution in [0.25, 0.3) is 0 Å². The fourth-order valence-corrected chi connectivity index (χ4v) is 1.20. The quantitative estimate of drug-likeness (QED) is 0.793. The summed E-state index contributed by atoms with van der Waals surface area (Å²) in [6, 6.07) is 4.97. The number of carboxylic acids is 1. The molecule has 14 heavy (non-hydrogen) atoms. The van der Waals surface area contributed by atoms with Crippen LogP contribution < -0.4 is 9.64 Å². The van der Waals surface area contributed by atoms with Crippen LogP contribution in [0.1, 0.15) is 10.4 Å². The number of carbonyl (C=O) groups is 1. The lowest BCUT2D eigenvalue weighted by molar-refractivity contribution is 0.0697. The maximum absolute atomic E-state index is 10.9. The summed E-state index contributed by atoms with van der Waals surface area (Å²) in [4.78, 5) is 12.7. The van der Waals surface area contributed by atoms with Gasteiger partial charge in [0.05, 0.1) is 18.4 Å². The lowest BCUT2D eigenvalue weighted by Gasteiger charge is -2.15. The van der Waals surface area contributed by atoms with E-state index >= 15 is 0 Å². The average Bonchev–Trinajstić information content (AvgIpc) is 2.16. The number of anilines is 1. The smallest absolute Gasteiger partial charge is 0.337 e. The van der Waals surface area contributed by atoms with Crippen molar-refractivity contribution in [3.8, 4) is 5.75 Å². The van der Waals surface area contributed by atoms with Crippen molar-refractivity contribution in [3.63, 3.8) is 0 Å². The molecule has 0 aliphatic carbocycles. The lowest BCUT2D eigenvalue weighted by atomic mass is 10.1. The van der Waals surface area contributed by atoms with Crippen molar-refractivity contribution >= 4 is 11.7 Å². The Labute approximate surface area is 82.7 Å². The van der Waals surface area contributed by atoms with Gasteiger partial charge in [0.2, 0.25) is 0 Å². The summed E-state index contributed by atoms with van der Waals surface area (Å²) in [6.07, 6.45) is 0. The number of methoxy groups -OCH3 is 1. The largest absolute Gasteiger partial charge is 0.497 e. The molecule has 1 rings (SSSR count). The van der Waals surface area contributed by atoms with Gasteiger partial charge >= 0.3 is 5.97 Å². The Balaban J connectivity index is 3.24. The van der Waals surface area contributed by atoms with E-state index in [-0.39, 0.29) is 5.56 Å². The topological polar surface area (TPSA) is 49.8 Å². The van der Waals surface area contributed by atoms with Gasteiger partial charge in [0, 0.05) is 14.1 Å². The van der Waals surface area contributed by atoms with Gasteiger partial charge in [-0.05, 0) is 18.2 Å². The van der Waals surface area contributed by atoms with Gasteiger partial charge in [0.25, 0.3) is 0 Å². The van der Waals surface area contributed by atoms with Crippen molar-refractivity contribution in [1.82, 2.24) is 0 Å². The molecular weight excluding hydrogens is 182 g/mol. The average molecular weight is 195 g/mol. The molecule has 0 atom stereocenters. The Morgan fingerprint density at radius 3 is 2.50 bits per heavy atom. The molecule has 0 unspecified atom stereocenters. The first-order valence-electron chi connectivity index (χ1n) is 4.15. The van der Waals surface area contributed by atoms with Crippen molar-refractivity contribution in [1.29, 1.82) is 0 Å². The van der Waals surface area contributed by atoms with Crippen LogP contribution in [0.4, 0.5) is 5.69 Å². The number of hydrogen-bond acceptors (Lipinski definition) is 3. The van der Waals surface area contributed by atoms with Gasteiger partial charge in [-0.3, -0.25) is 0 Å². The number of aromatic carboxylic acids is 1. The predicted octanol–water partition coefficient (Wildman–Crippen LogP) is 1.46. The van der Waals surface area contributed by atoms with E-state index in [1.54, 1.807) is 31.1 Å². The zero-order chi connectivity index (χ0) is 10.7. The summed E-state index contributed by atoms with van der Waals surface area (Å²) in [5.41, 5.74) is 0.910. The van der Waals surface area contributed by atoms with Crippen LogP contribution in [0, 0.1) is 0 Å². The number of hydrogen-bond donors (Lipinski definition) is 1. The third-order valence-corrected chi connectivity index (χ3v) is 1.92. The van der Waals surface area contributed by atoms with E-state index in [9.17, 15) is 4.79 Å². The van der Waals surface area contributed by atoms with Gasteiger partial charge < -0.3 is 14.7 Å². The van der Waals surface area contributed by atoms with E-state index < -0.39 is 5.97 Å². The molecule has 0 amide bonds. The van der Waals surface area contributed by atoms with E-state index in [1.807, 2.05) is 0 Å². The standard InChI is InChI=1S/C10H13NO3/c1-11(2)9-5-4-7(14-3)6-8(9)10(12)13/h4-6H,1-3H3,(H,12,13). The van der Waals surface area contributed by atoms with Gasteiger partial charge in [0.15, 0.2) is 0 Å². The molecule has 0 bridgehead atoms. The third-order valence-electron chi connectivity index (χ3n) is 1.92. The minimum atomic E-state index is -0.951. The van der Waals surface area contributed by atoms with Crippen molar-refractivity contribution in [2.75, 3.05) is 26.1 Å². The Bertz CT molecular complexity index is 347. The molecule has 0 saturated heterocycles. The van der Waals surface area contributed by atoms with Crippen molar-refractivity contribution in [2.45, 2.75) is 0 Å². The van der Waals surface area contributed by atoms with Crippen molar-refractivity contribution in [2.24, 2.45) is 0 Å². The summed E-state index contributed by atoms with van der Waals surface area (Å²) in [7, 11) is 5.11. The Hall–Kier alpha value is -1.71. The highest BCUT2D eigenvalue weighted by Crippen LogP contribution is 2.23. The molecule has 1 aromatic rings. The second-order valence-corrected chi connectivity index (χ2v) is 3.08. The van der Waals surface area contributed by atoms with E-state index in [0.717, 1.165) is 0 Å². The molecule has 76 valence electrons. The maximum atomic E-state index is 10.9. The molecule has 1 N–H and O–H groups in total. The lowest BCUT2D eigenvalue weighted by Crippen LogP contribution is -2.13. The summed E-state index contributed by atoms with van der Waals surface area (Å²) < 4.78 is 4.96. The zero-order valence-electron chi connectivity index (χ0n) is 8.44. The number of carboxylic acid groups (broad SMARTS) is 1. The second kappa shape index (κ2) is 4.00. The van der Waals surface area contributed by atoms with E-state index in [1.165, 1.54) is 13.2 Å². The van der Waals surface area contributed by atoms with Gasteiger partial charge in [-0.1, -0.05) is 0 Å². The first kappa shape index (κ1) is 10.4. The second-order valence-electron chi connectivity index (χ2n) is 3.08. The minimum Gasteiger partial charge on any atom is -0.497 e. The van der Waals surface area contributed by atoms with Gasteiger partial charge in [-0.25, -0.2) is 4.79 Å². The van der Waals surface area contributed by atoms with Crippen LogP contribution in [0.5, 0.6) is 5.75 Å². The molecule has 0 aliphatic heterocycles. The molecule has 1 aromatic carbocycles. The van der Waals surface area contributed by atoms with Crippen LogP contribution in [0.15, 0.2) is 18.2 Å². The van der Waals surface area contributed by atoms with Crippen LogP contribution in [0.2, 0.25) is 0 Å². The molecule has 0 aliphatic rings. The van der Waals surface area contributed by atoms with Crippen molar-refractivity contribution in [3.05, 3.63) is 23.8 Å². The maximum Gasteiger partial charge on any atom is 0.337 e. The first-order chi connectivity index (χ1) is 6.56. The predicted molar refractivity (Wildman–Crippen MR) is 54.3 cm³/mol. The van der Waals surface area contributed by atoms with Gasteiger partial charge in [0.1, 0.15) is 5.75 Å². The molecule has 0 fully saturated rings. The molecule has 0 heterocycles. The molecule has 0 radical (unpaired) electrons. The summed E-state index contributed by atoms with van der Waals surface area (Å²) >= 11 is 0. The Morgan fingerprint density at radius 2 is 2.07 bits per heavy atom. The fourth-order valence-electron chi connectivity index (χ4n) is 1.20. The van der Waals surface area contributed by atoms with Gasteiger partial charge in [-0.2, -0.15) is 0 Å². The summed E-state index contributed by atoms with van der Waals surface area (Å²) in [5.74, 6) is -0.402. The normalized spacial score (nSPS) is 9.64. The molecule has 0 saturated carbocycles. The highest BCUT2D eigenvalue weighted by atomic mass is 16.5. The highest BCUT2D eigenvalue weighted by Gasteiger charge is 2.12. The van der Waals surface area contributed by atoms with Crippen LogP contribution in [0.3, 0.4) is 0 Å². The van der Waals surface area contributed by atoms with Crippen LogP contribution in [-0.4, -0.2) is 32.3 Å². The SMILES string of the molecule is COc1ccc(N(C)C)c(C(=O)O)c1. The summed E-state index contributed by atoms with van der Waals surface area (Å²) in [5, 5.41) is 8.95. The molecule has 0 spiro atoms. The van der Waals surface area contributed by atoms with E-state index in [4.69, 9.17) is 9.84 Å². The zero-order valence-corrected chi connectivity index (χ0v) is 8.44. The summed E-state index contributed by atoms with van der Waals surface area (Å²) in [6.45, 7) is 0. The van der Waals surface area contributed by atoms with Gasteiger partial charge in [-0.15, -0.1) is 0 Å². The third kappa shape index (κ3) is 1.96. The van der Waals surface area contributed by atoms with Crippen LogP contribution in [-0.2, 0) is 0 Å². The minimum absolute atomic E-state index is 0.245. The van der Waals surface area contributed by atoms with E-state index in [0.29, 0.717) is 11.4 Å². The Kier molecular flexibility index (Phi) is 2.96.